The van der Waals surface area contributed by atoms with Crippen LogP contribution in [-0.2, 0) is 14.3 Å². The zero-order valence-electron chi connectivity index (χ0n) is 9.56. The van der Waals surface area contributed by atoms with Crippen LogP contribution in [0.15, 0.2) is 0 Å². The highest BCUT2D eigenvalue weighted by molar-refractivity contribution is 5.85. The smallest absolute Gasteiger partial charge is 0.328 e. The lowest BCUT2D eigenvalue weighted by Gasteiger charge is -2.15. The molecule has 1 rings (SSSR count). The van der Waals surface area contributed by atoms with E-state index < -0.39 is 12.0 Å². The molecule has 2 unspecified atom stereocenters. The first-order valence-electron chi connectivity index (χ1n) is 5.18. The molecule has 3 atom stereocenters. The number of esters is 1. The van der Waals surface area contributed by atoms with Crippen molar-refractivity contribution in [3.63, 3.8) is 0 Å². The van der Waals surface area contributed by atoms with Crippen molar-refractivity contribution in [3.05, 3.63) is 0 Å². The van der Waals surface area contributed by atoms with Crippen LogP contribution in [0.25, 0.3) is 0 Å². The van der Waals surface area contributed by atoms with Crippen LogP contribution in [0.1, 0.15) is 26.2 Å². The molecule has 1 fully saturated rings. The van der Waals surface area contributed by atoms with Gasteiger partial charge in [-0.2, -0.15) is 0 Å². The molecule has 94 valence electrons. The van der Waals surface area contributed by atoms with E-state index in [2.05, 4.69) is 10.1 Å². The SMILES string of the molecule is COC(=O)[C@H](C)NC(=O)C1CCC(N)C1.Cl. The van der Waals surface area contributed by atoms with E-state index in [-0.39, 0.29) is 30.3 Å². The minimum atomic E-state index is -0.584. The van der Waals surface area contributed by atoms with Gasteiger partial charge in [0.25, 0.3) is 0 Å². The molecular weight excluding hydrogens is 232 g/mol. The van der Waals surface area contributed by atoms with Gasteiger partial charge in [0.05, 0.1) is 7.11 Å². The summed E-state index contributed by atoms with van der Waals surface area (Å²) in [4.78, 5) is 22.7. The summed E-state index contributed by atoms with van der Waals surface area (Å²) in [5.41, 5.74) is 5.71. The summed E-state index contributed by atoms with van der Waals surface area (Å²) in [7, 11) is 1.30. The maximum Gasteiger partial charge on any atom is 0.328 e. The molecule has 0 radical (unpaired) electrons. The van der Waals surface area contributed by atoms with Gasteiger partial charge in [0.1, 0.15) is 6.04 Å². The van der Waals surface area contributed by atoms with Crippen LogP contribution < -0.4 is 11.1 Å². The van der Waals surface area contributed by atoms with Crippen molar-refractivity contribution in [2.75, 3.05) is 7.11 Å². The van der Waals surface area contributed by atoms with E-state index in [0.717, 1.165) is 12.8 Å². The molecule has 0 aliphatic heterocycles. The number of carbonyl (C=O) groups is 2. The van der Waals surface area contributed by atoms with Gasteiger partial charge in [0.15, 0.2) is 0 Å². The van der Waals surface area contributed by atoms with Gasteiger partial charge < -0.3 is 15.8 Å². The van der Waals surface area contributed by atoms with Gasteiger partial charge in [-0.3, -0.25) is 4.79 Å². The average molecular weight is 251 g/mol. The topological polar surface area (TPSA) is 81.4 Å². The van der Waals surface area contributed by atoms with Crippen molar-refractivity contribution in [1.29, 1.82) is 0 Å². The number of methoxy groups -OCH3 is 1. The molecule has 1 saturated carbocycles. The van der Waals surface area contributed by atoms with Crippen LogP contribution in [0.5, 0.6) is 0 Å². The zero-order valence-corrected chi connectivity index (χ0v) is 10.4. The molecule has 1 aliphatic carbocycles. The van der Waals surface area contributed by atoms with Crippen LogP contribution in [0.2, 0.25) is 0 Å². The van der Waals surface area contributed by atoms with Gasteiger partial charge in [-0.05, 0) is 26.2 Å². The van der Waals surface area contributed by atoms with E-state index in [1.807, 2.05) is 0 Å². The van der Waals surface area contributed by atoms with Crippen LogP contribution >= 0.6 is 12.4 Å². The minimum Gasteiger partial charge on any atom is -0.467 e. The Bertz CT molecular complexity index is 260. The minimum absolute atomic E-state index is 0. The maximum atomic E-state index is 11.6. The van der Waals surface area contributed by atoms with Crippen molar-refractivity contribution >= 4 is 24.3 Å². The lowest BCUT2D eigenvalue weighted by molar-refractivity contribution is -0.145. The third-order valence-corrected chi connectivity index (χ3v) is 2.76. The summed E-state index contributed by atoms with van der Waals surface area (Å²) in [6.45, 7) is 1.61. The number of hydrogen-bond donors (Lipinski definition) is 2. The number of halogens is 1. The van der Waals surface area contributed by atoms with Crippen molar-refractivity contribution in [3.8, 4) is 0 Å². The van der Waals surface area contributed by atoms with E-state index in [9.17, 15) is 9.59 Å². The van der Waals surface area contributed by atoms with Crippen LogP contribution in [0.4, 0.5) is 0 Å². The molecule has 6 heteroatoms. The van der Waals surface area contributed by atoms with Crippen LogP contribution in [0.3, 0.4) is 0 Å². The Kier molecular flexibility index (Phi) is 6.36. The molecule has 0 heterocycles. The first-order valence-corrected chi connectivity index (χ1v) is 5.18. The number of ether oxygens (including phenoxy) is 1. The molecule has 1 aliphatic rings. The Balaban J connectivity index is 0.00000225. The van der Waals surface area contributed by atoms with Gasteiger partial charge in [-0.15, -0.1) is 12.4 Å². The molecule has 0 bridgehead atoms. The third-order valence-electron chi connectivity index (χ3n) is 2.76. The standard InChI is InChI=1S/C10H18N2O3.ClH/c1-6(10(14)15-2)12-9(13)7-3-4-8(11)5-7;/h6-8H,3-5,11H2,1-2H3,(H,12,13);1H/t6-,7?,8?;/m0./s1. The Morgan fingerprint density at radius 3 is 2.50 bits per heavy atom. The van der Waals surface area contributed by atoms with Gasteiger partial charge >= 0.3 is 5.97 Å². The fourth-order valence-electron chi connectivity index (χ4n) is 1.82. The molecule has 0 saturated heterocycles. The fourth-order valence-corrected chi connectivity index (χ4v) is 1.82. The highest BCUT2D eigenvalue weighted by Crippen LogP contribution is 2.24. The van der Waals surface area contributed by atoms with Gasteiger partial charge in [0.2, 0.25) is 5.91 Å². The lowest BCUT2D eigenvalue weighted by atomic mass is 10.1. The average Bonchev–Trinajstić information content (AvgIpc) is 2.63. The monoisotopic (exact) mass is 250 g/mol. The first kappa shape index (κ1) is 15.2. The number of hydrogen-bond acceptors (Lipinski definition) is 4. The molecule has 0 aromatic heterocycles. The first-order chi connectivity index (χ1) is 7.04. The summed E-state index contributed by atoms with van der Waals surface area (Å²) in [6.07, 6.45) is 2.39. The molecule has 1 amide bonds. The second-order valence-electron chi connectivity index (χ2n) is 4.02. The summed E-state index contributed by atoms with van der Waals surface area (Å²) < 4.78 is 4.52. The molecule has 0 aromatic rings. The zero-order chi connectivity index (χ0) is 11.4. The van der Waals surface area contributed by atoms with E-state index in [1.165, 1.54) is 7.11 Å². The van der Waals surface area contributed by atoms with Crippen LogP contribution in [0, 0.1) is 5.92 Å². The normalized spacial score (nSPS) is 25.4. The summed E-state index contributed by atoms with van der Waals surface area (Å²) >= 11 is 0. The second kappa shape index (κ2) is 6.70. The quantitative estimate of drug-likeness (QED) is 0.702. The van der Waals surface area contributed by atoms with E-state index in [4.69, 9.17) is 5.73 Å². The molecule has 3 N–H and O–H groups in total. The number of carbonyl (C=O) groups excluding carboxylic acids is 2. The Labute approximate surface area is 101 Å². The van der Waals surface area contributed by atoms with Crippen molar-refractivity contribution in [1.82, 2.24) is 5.32 Å². The number of amides is 1. The maximum absolute atomic E-state index is 11.6. The summed E-state index contributed by atoms with van der Waals surface area (Å²) in [5.74, 6) is -0.571. The van der Waals surface area contributed by atoms with Crippen LogP contribution in [-0.4, -0.2) is 31.1 Å². The Hall–Kier alpha value is -0.810. The van der Waals surface area contributed by atoms with Crippen molar-refractivity contribution in [2.45, 2.75) is 38.3 Å². The van der Waals surface area contributed by atoms with E-state index in [0.29, 0.717) is 6.42 Å². The Morgan fingerprint density at radius 1 is 1.44 bits per heavy atom. The van der Waals surface area contributed by atoms with Gasteiger partial charge in [0, 0.05) is 12.0 Å². The molecule has 5 nitrogen and oxygen atoms in total. The predicted octanol–water partition coefficient (Wildman–Crippen LogP) is 0.213. The molecule has 16 heavy (non-hydrogen) atoms. The number of nitrogens with one attached hydrogen (secondary N) is 1. The summed E-state index contributed by atoms with van der Waals surface area (Å²) in [5, 5.41) is 2.62. The molecule has 0 spiro atoms. The van der Waals surface area contributed by atoms with Crippen molar-refractivity contribution in [2.24, 2.45) is 11.7 Å². The second-order valence-corrected chi connectivity index (χ2v) is 4.02. The number of nitrogens with two attached hydrogens (primary N) is 1. The predicted molar refractivity (Wildman–Crippen MR) is 62.2 cm³/mol. The third kappa shape index (κ3) is 3.98. The van der Waals surface area contributed by atoms with E-state index >= 15 is 0 Å². The van der Waals surface area contributed by atoms with Crippen molar-refractivity contribution < 1.29 is 14.3 Å². The molecular formula is C10H19ClN2O3. The number of rotatable bonds is 3. The highest BCUT2D eigenvalue weighted by Gasteiger charge is 2.29. The lowest BCUT2D eigenvalue weighted by Crippen LogP contribution is -2.42. The van der Waals surface area contributed by atoms with Gasteiger partial charge in [-0.1, -0.05) is 0 Å². The fraction of sp³-hybridized carbons (Fsp3) is 0.800. The van der Waals surface area contributed by atoms with Gasteiger partial charge in [-0.25, -0.2) is 4.79 Å². The summed E-state index contributed by atoms with van der Waals surface area (Å²) in [6, 6.07) is -0.464. The van der Waals surface area contributed by atoms with E-state index in [1.54, 1.807) is 6.92 Å². The largest absolute Gasteiger partial charge is 0.467 e. The highest BCUT2D eigenvalue weighted by atomic mass is 35.5. The molecule has 0 aromatic carbocycles. The Morgan fingerprint density at radius 2 is 2.06 bits per heavy atom.